The van der Waals surface area contributed by atoms with Gasteiger partial charge in [0.1, 0.15) is 5.82 Å². The van der Waals surface area contributed by atoms with E-state index < -0.39 is 5.97 Å². The molecule has 1 aliphatic heterocycles. The molecule has 0 saturated heterocycles. The van der Waals surface area contributed by atoms with Gasteiger partial charge in [-0.15, -0.1) is 0 Å². The van der Waals surface area contributed by atoms with E-state index in [1.54, 1.807) is 24.3 Å². The number of aliphatic hydroxyl groups is 1. The van der Waals surface area contributed by atoms with E-state index in [-0.39, 0.29) is 11.7 Å². The van der Waals surface area contributed by atoms with Crippen LogP contribution in [0.2, 0.25) is 0 Å². The summed E-state index contributed by atoms with van der Waals surface area (Å²) in [6, 6.07) is 6.83. The van der Waals surface area contributed by atoms with Crippen molar-refractivity contribution in [1.82, 2.24) is 9.55 Å². The van der Waals surface area contributed by atoms with Crippen LogP contribution in [0.4, 0.5) is 0 Å². The van der Waals surface area contributed by atoms with Gasteiger partial charge in [-0.1, -0.05) is 18.2 Å². The molecule has 2 aromatic rings. The second kappa shape index (κ2) is 4.51. The molecule has 1 unspecified atom stereocenters. The third-order valence-electron chi connectivity index (χ3n) is 3.41. The van der Waals surface area contributed by atoms with E-state index in [2.05, 4.69) is 4.98 Å². The van der Waals surface area contributed by atoms with Crippen molar-refractivity contribution < 1.29 is 15.0 Å². The monoisotopic (exact) mass is 258 g/mol. The van der Waals surface area contributed by atoms with Crippen molar-refractivity contribution in [2.75, 3.05) is 0 Å². The standard InChI is InChI=1S/C14H14N2O3/c17-9-5-6-16-8-12(15-13(16)7-9)10-3-1-2-4-11(10)14(18)19/h1-4,8-9,17H,5-7H2,(H,18,19). The molecule has 1 atom stereocenters. The van der Waals surface area contributed by atoms with Gasteiger partial charge in [0.25, 0.3) is 0 Å². The molecule has 0 spiro atoms. The number of benzene rings is 1. The Hall–Kier alpha value is -2.14. The number of fused-ring (bicyclic) bond motifs is 1. The van der Waals surface area contributed by atoms with Crippen LogP contribution in [0.15, 0.2) is 30.5 Å². The summed E-state index contributed by atoms with van der Waals surface area (Å²) in [7, 11) is 0. The van der Waals surface area contributed by atoms with Crippen LogP contribution in [0.3, 0.4) is 0 Å². The first-order chi connectivity index (χ1) is 9.15. The van der Waals surface area contributed by atoms with Crippen molar-refractivity contribution in [3.8, 4) is 11.3 Å². The van der Waals surface area contributed by atoms with Gasteiger partial charge in [0, 0.05) is 24.7 Å². The van der Waals surface area contributed by atoms with Gasteiger partial charge in [0.05, 0.1) is 17.4 Å². The number of imidazole rings is 1. The number of carbonyl (C=O) groups is 1. The van der Waals surface area contributed by atoms with Gasteiger partial charge in [-0.05, 0) is 12.5 Å². The normalized spacial score (nSPS) is 18.1. The largest absolute Gasteiger partial charge is 0.478 e. The zero-order chi connectivity index (χ0) is 13.4. The van der Waals surface area contributed by atoms with E-state index in [1.807, 2.05) is 10.8 Å². The molecule has 0 fully saturated rings. The smallest absolute Gasteiger partial charge is 0.336 e. The summed E-state index contributed by atoms with van der Waals surface area (Å²) in [6.07, 6.45) is 2.75. The topological polar surface area (TPSA) is 75.3 Å². The van der Waals surface area contributed by atoms with Gasteiger partial charge in [-0.25, -0.2) is 9.78 Å². The number of rotatable bonds is 2. The minimum absolute atomic E-state index is 0.249. The second-order valence-electron chi connectivity index (χ2n) is 4.73. The van der Waals surface area contributed by atoms with Crippen LogP contribution in [0.25, 0.3) is 11.3 Å². The number of hydrogen-bond donors (Lipinski definition) is 2. The third kappa shape index (κ3) is 2.13. The molecular weight excluding hydrogens is 244 g/mol. The fraction of sp³-hybridized carbons (Fsp3) is 0.286. The Morgan fingerprint density at radius 3 is 2.95 bits per heavy atom. The lowest BCUT2D eigenvalue weighted by Gasteiger charge is -2.18. The number of carboxylic acids is 1. The number of aryl methyl sites for hydroxylation is 1. The van der Waals surface area contributed by atoms with Crippen molar-refractivity contribution >= 4 is 5.97 Å². The zero-order valence-corrected chi connectivity index (χ0v) is 10.3. The van der Waals surface area contributed by atoms with Crippen LogP contribution in [-0.2, 0) is 13.0 Å². The predicted molar refractivity (Wildman–Crippen MR) is 69.0 cm³/mol. The molecule has 5 heteroatoms. The summed E-state index contributed by atoms with van der Waals surface area (Å²) >= 11 is 0. The van der Waals surface area contributed by atoms with Crippen molar-refractivity contribution in [2.24, 2.45) is 0 Å². The maximum atomic E-state index is 11.2. The first-order valence-electron chi connectivity index (χ1n) is 6.22. The third-order valence-corrected chi connectivity index (χ3v) is 3.41. The minimum atomic E-state index is -0.957. The van der Waals surface area contributed by atoms with E-state index in [4.69, 9.17) is 0 Å². The maximum Gasteiger partial charge on any atom is 0.336 e. The van der Waals surface area contributed by atoms with Crippen molar-refractivity contribution in [3.63, 3.8) is 0 Å². The highest BCUT2D eigenvalue weighted by atomic mass is 16.4. The van der Waals surface area contributed by atoms with Crippen molar-refractivity contribution in [3.05, 3.63) is 41.9 Å². The molecule has 2 N–H and O–H groups in total. The van der Waals surface area contributed by atoms with Crippen LogP contribution >= 0.6 is 0 Å². The highest BCUT2D eigenvalue weighted by molar-refractivity contribution is 5.95. The summed E-state index contributed by atoms with van der Waals surface area (Å²) in [5.74, 6) is -0.143. The lowest BCUT2D eigenvalue weighted by molar-refractivity contribution is 0.0697. The van der Waals surface area contributed by atoms with E-state index in [0.29, 0.717) is 24.1 Å². The van der Waals surface area contributed by atoms with E-state index in [0.717, 1.165) is 12.4 Å². The second-order valence-corrected chi connectivity index (χ2v) is 4.73. The molecule has 5 nitrogen and oxygen atoms in total. The van der Waals surface area contributed by atoms with Crippen LogP contribution in [0.1, 0.15) is 22.6 Å². The highest BCUT2D eigenvalue weighted by Gasteiger charge is 2.20. The summed E-state index contributed by atoms with van der Waals surface area (Å²) < 4.78 is 1.99. The van der Waals surface area contributed by atoms with E-state index in [9.17, 15) is 15.0 Å². The van der Waals surface area contributed by atoms with Gasteiger partial charge in [0.2, 0.25) is 0 Å². The Labute approximate surface area is 110 Å². The molecule has 2 heterocycles. The molecule has 0 radical (unpaired) electrons. The maximum absolute atomic E-state index is 11.2. The fourth-order valence-electron chi connectivity index (χ4n) is 2.43. The van der Waals surface area contributed by atoms with Crippen LogP contribution in [-0.4, -0.2) is 31.8 Å². The molecular formula is C14H14N2O3. The SMILES string of the molecule is O=C(O)c1ccccc1-c1cn2c(n1)CC(O)CC2. The first kappa shape index (κ1) is 11.9. The minimum Gasteiger partial charge on any atom is -0.478 e. The molecule has 19 heavy (non-hydrogen) atoms. The van der Waals surface area contributed by atoms with Crippen LogP contribution in [0.5, 0.6) is 0 Å². The molecule has 1 aromatic carbocycles. The zero-order valence-electron chi connectivity index (χ0n) is 10.3. The Kier molecular flexibility index (Phi) is 2.83. The lowest BCUT2D eigenvalue weighted by atomic mass is 10.1. The number of hydrogen-bond acceptors (Lipinski definition) is 3. The molecule has 0 aliphatic carbocycles. The Balaban J connectivity index is 2.06. The summed E-state index contributed by atoms with van der Waals surface area (Å²) in [5, 5.41) is 18.8. The van der Waals surface area contributed by atoms with Crippen LogP contribution in [0, 0.1) is 0 Å². The van der Waals surface area contributed by atoms with Crippen molar-refractivity contribution in [1.29, 1.82) is 0 Å². The molecule has 3 rings (SSSR count). The van der Waals surface area contributed by atoms with Crippen LogP contribution < -0.4 is 0 Å². The molecule has 0 saturated carbocycles. The predicted octanol–water partition coefficient (Wildman–Crippen LogP) is 1.56. The Morgan fingerprint density at radius 2 is 2.16 bits per heavy atom. The highest BCUT2D eigenvalue weighted by Crippen LogP contribution is 2.25. The van der Waals surface area contributed by atoms with Gasteiger partial charge in [-0.2, -0.15) is 0 Å². The molecule has 1 aliphatic rings. The molecule has 98 valence electrons. The number of carboxylic acid groups (broad SMARTS) is 1. The lowest BCUT2D eigenvalue weighted by Crippen LogP contribution is -2.22. The Morgan fingerprint density at radius 1 is 1.37 bits per heavy atom. The molecule has 1 aromatic heterocycles. The Bertz CT molecular complexity index is 633. The van der Waals surface area contributed by atoms with E-state index in [1.165, 1.54) is 0 Å². The summed E-state index contributed by atoms with van der Waals surface area (Å²) in [5.41, 5.74) is 1.52. The number of nitrogens with zero attached hydrogens (tertiary/aromatic N) is 2. The quantitative estimate of drug-likeness (QED) is 0.857. The first-order valence-corrected chi connectivity index (χ1v) is 6.22. The summed E-state index contributed by atoms with van der Waals surface area (Å²) in [6.45, 7) is 0.721. The average molecular weight is 258 g/mol. The van der Waals surface area contributed by atoms with E-state index >= 15 is 0 Å². The van der Waals surface area contributed by atoms with Crippen molar-refractivity contribution in [2.45, 2.75) is 25.5 Å². The molecule has 0 bridgehead atoms. The summed E-state index contributed by atoms with van der Waals surface area (Å²) in [4.78, 5) is 15.7. The number of aromatic nitrogens is 2. The number of aromatic carboxylic acids is 1. The van der Waals surface area contributed by atoms with Gasteiger partial charge < -0.3 is 14.8 Å². The molecule has 0 amide bonds. The average Bonchev–Trinajstić information content (AvgIpc) is 2.81. The number of aliphatic hydroxyl groups excluding tert-OH is 1. The van der Waals surface area contributed by atoms with Gasteiger partial charge in [-0.3, -0.25) is 0 Å². The van der Waals surface area contributed by atoms with Gasteiger partial charge in [0.15, 0.2) is 0 Å². The van der Waals surface area contributed by atoms with Gasteiger partial charge >= 0.3 is 5.97 Å². The fourth-order valence-corrected chi connectivity index (χ4v) is 2.43.